The molecule has 1 atom stereocenters. The normalized spacial score (nSPS) is 20.4. The van der Waals surface area contributed by atoms with Crippen molar-refractivity contribution in [1.29, 1.82) is 0 Å². The quantitative estimate of drug-likeness (QED) is 0.933. The molecule has 1 aromatic carbocycles. The molecule has 2 heterocycles. The largest absolute Gasteiger partial charge is 0.481 e. The first-order valence-corrected chi connectivity index (χ1v) is 7.13. The molecule has 1 aliphatic rings. The topological polar surface area (TPSA) is 45.5 Å². The number of nitrogens with zero attached hydrogens (tertiary/aromatic N) is 2. The van der Waals surface area contributed by atoms with Crippen LogP contribution in [0.2, 0.25) is 0 Å². The van der Waals surface area contributed by atoms with Crippen molar-refractivity contribution in [1.82, 2.24) is 9.47 Å². The van der Waals surface area contributed by atoms with Crippen LogP contribution in [0.5, 0.6) is 0 Å². The minimum atomic E-state index is -0.660. The van der Waals surface area contributed by atoms with Crippen molar-refractivity contribution in [3.8, 4) is 0 Å². The van der Waals surface area contributed by atoms with Crippen molar-refractivity contribution >= 4 is 16.9 Å². The van der Waals surface area contributed by atoms with Gasteiger partial charge in [0.1, 0.15) is 0 Å². The van der Waals surface area contributed by atoms with E-state index in [2.05, 4.69) is 34.7 Å². The third-order valence-corrected chi connectivity index (χ3v) is 4.29. The Kier molecular flexibility index (Phi) is 3.49. The van der Waals surface area contributed by atoms with E-state index in [0.717, 1.165) is 25.9 Å². The molecule has 4 heteroatoms. The van der Waals surface area contributed by atoms with Gasteiger partial charge in [-0.05, 0) is 36.9 Å². The van der Waals surface area contributed by atoms with Crippen molar-refractivity contribution in [2.75, 3.05) is 13.1 Å². The number of para-hydroxylation sites is 1. The van der Waals surface area contributed by atoms with Crippen molar-refractivity contribution in [3.05, 3.63) is 36.0 Å². The van der Waals surface area contributed by atoms with Gasteiger partial charge >= 0.3 is 5.97 Å². The van der Waals surface area contributed by atoms with Crippen LogP contribution >= 0.6 is 0 Å². The zero-order valence-corrected chi connectivity index (χ0v) is 11.7. The Hall–Kier alpha value is -1.81. The minimum absolute atomic E-state index is 0.210. The molecule has 1 aromatic heterocycles. The number of fused-ring (bicyclic) bond motifs is 1. The van der Waals surface area contributed by atoms with Gasteiger partial charge in [0.05, 0.1) is 5.92 Å². The number of likely N-dealkylation sites (tertiary alicyclic amines) is 1. The Labute approximate surface area is 118 Å². The zero-order valence-electron chi connectivity index (χ0n) is 11.7. The number of aliphatic carboxylic acids is 1. The second kappa shape index (κ2) is 5.29. The predicted octanol–water partition coefficient (Wildman–Crippen LogP) is 2.47. The fourth-order valence-corrected chi connectivity index (χ4v) is 3.13. The molecule has 1 unspecified atom stereocenters. The molecular formula is C16H20N2O2. The van der Waals surface area contributed by atoms with Gasteiger partial charge in [0.2, 0.25) is 0 Å². The van der Waals surface area contributed by atoms with E-state index < -0.39 is 5.97 Å². The number of carboxylic acids is 1. The Morgan fingerprint density at radius 2 is 2.20 bits per heavy atom. The van der Waals surface area contributed by atoms with E-state index in [1.165, 1.54) is 16.6 Å². The minimum Gasteiger partial charge on any atom is -0.481 e. The van der Waals surface area contributed by atoms with E-state index in [1.807, 2.05) is 12.1 Å². The van der Waals surface area contributed by atoms with Crippen LogP contribution in [-0.2, 0) is 18.4 Å². The van der Waals surface area contributed by atoms with Gasteiger partial charge in [0.25, 0.3) is 0 Å². The molecule has 1 N–H and O–H groups in total. The van der Waals surface area contributed by atoms with Crippen LogP contribution in [0.4, 0.5) is 0 Å². The van der Waals surface area contributed by atoms with Gasteiger partial charge in [0, 0.05) is 31.3 Å². The molecule has 0 amide bonds. The number of hydrogen-bond acceptors (Lipinski definition) is 2. The average molecular weight is 272 g/mol. The number of hydrogen-bond donors (Lipinski definition) is 1. The van der Waals surface area contributed by atoms with Gasteiger partial charge in [-0.2, -0.15) is 0 Å². The zero-order chi connectivity index (χ0) is 14.1. The predicted molar refractivity (Wildman–Crippen MR) is 78.6 cm³/mol. The SMILES string of the molecule is Cn1c(CN2CCCC(C(=O)O)C2)cc2ccccc21. The molecule has 0 radical (unpaired) electrons. The molecule has 2 aromatic rings. The summed E-state index contributed by atoms with van der Waals surface area (Å²) in [5, 5.41) is 10.4. The number of rotatable bonds is 3. The standard InChI is InChI=1S/C16H20N2O2/c1-17-14(9-12-5-2-3-7-15(12)17)11-18-8-4-6-13(10-18)16(19)20/h2-3,5,7,9,13H,4,6,8,10-11H2,1H3,(H,19,20). The number of carbonyl (C=O) groups is 1. The van der Waals surface area contributed by atoms with Gasteiger partial charge in [0.15, 0.2) is 0 Å². The summed E-state index contributed by atoms with van der Waals surface area (Å²) in [6, 6.07) is 10.5. The highest BCUT2D eigenvalue weighted by Gasteiger charge is 2.25. The summed E-state index contributed by atoms with van der Waals surface area (Å²) in [5.41, 5.74) is 2.48. The van der Waals surface area contributed by atoms with Crippen molar-refractivity contribution in [2.24, 2.45) is 13.0 Å². The third kappa shape index (κ3) is 2.43. The van der Waals surface area contributed by atoms with Gasteiger partial charge in [-0.1, -0.05) is 18.2 Å². The van der Waals surface area contributed by atoms with E-state index >= 15 is 0 Å². The molecular weight excluding hydrogens is 252 g/mol. The van der Waals surface area contributed by atoms with Crippen molar-refractivity contribution in [3.63, 3.8) is 0 Å². The van der Waals surface area contributed by atoms with Crippen LogP contribution in [-0.4, -0.2) is 33.6 Å². The first-order valence-electron chi connectivity index (χ1n) is 7.13. The van der Waals surface area contributed by atoms with E-state index in [9.17, 15) is 4.79 Å². The highest BCUT2D eigenvalue weighted by Crippen LogP contribution is 2.22. The first kappa shape index (κ1) is 13.2. The molecule has 20 heavy (non-hydrogen) atoms. The molecule has 4 nitrogen and oxygen atoms in total. The maximum absolute atomic E-state index is 11.1. The van der Waals surface area contributed by atoms with Gasteiger partial charge in [-0.15, -0.1) is 0 Å². The summed E-state index contributed by atoms with van der Waals surface area (Å²) in [4.78, 5) is 13.4. The molecule has 0 bridgehead atoms. The fraction of sp³-hybridized carbons (Fsp3) is 0.438. The number of piperidine rings is 1. The van der Waals surface area contributed by atoms with Crippen LogP contribution in [0, 0.1) is 5.92 Å². The molecule has 3 rings (SSSR count). The molecule has 1 saturated heterocycles. The number of benzene rings is 1. The molecule has 0 spiro atoms. The van der Waals surface area contributed by atoms with Gasteiger partial charge in [-0.25, -0.2) is 0 Å². The summed E-state index contributed by atoms with van der Waals surface area (Å²) < 4.78 is 2.21. The van der Waals surface area contributed by atoms with Gasteiger partial charge < -0.3 is 9.67 Å². The van der Waals surface area contributed by atoms with Crippen LogP contribution in [0.1, 0.15) is 18.5 Å². The van der Waals surface area contributed by atoms with E-state index in [4.69, 9.17) is 5.11 Å². The van der Waals surface area contributed by atoms with E-state index in [1.54, 1.807) is 0 Å². The number of aromatic nitrogens is 1. The first-order chi connectivity index (χ1) is 9.65. The Balaban J connectivity index is 1.79. The Bertz CT molecular complexity index is 632. The Morgan fingerprint density at radius 1 is 1.40 bits per heavy atom. The lowest BCUT2D eigenvalue weighted by atomic mass is 9.98. The molecule has 1 fully saturated rings. The lowest BCUT2D eigenvalue weighted by molar-refractivity contribution is -0.143. The highest BCUT2D eigenvalue weighted by atomic mass is 16.4. The molecule has 106 valence electrons. The van der Waals surface area contributed by atoms with Crippen LogP contribution in [0.25, 0.3) is 10.9 Å². The van der Waals surface area contributed by atoms with Crippen LogP contribution in [0.15, 0.2) is 30.3 Å². The van der Waals surface area contributed by atoms with E-state index in [-0.39, 0.29) is 5.92 Å². The van der Waals surface area contributed by atoms with Crippen LogP contribution < -0.4 is 0 Å². The van der Waals surface area contributed by atoms with E-state index in [0.29, 0.717) is 6.54 Å². The second-order valence-electron chi connectivity index (χ2n) is 5.67. The second-order valence-corrected chi connectivity index (χ2v) is 5.67. The highest BCUT2D eigenvalue weighted by molar-refractivity contribution is 5.81. The molecule has 0 saturated carbocycles. The summed E-state index contributed by atoms with van der Waals surface area (Å²) in [7, 11) is 2.08. The monoisotopic (exact) mass is 272 g/mol. The summed E-state index contributed by atoms with van der Waals surface area (Å²) in [5.74, 6) is -0.870. The number of aryl methyl sites for hydroxylation is 1. The smallest absolute Gasteiger partial charge is 0.307 e. The lowest BCUT2D eigenvalue weighted by Crippen LogP contribution is -2.38. The molecule has 1 aliphatic heterocycles. The lowest BCUT2D eigenvalue weighted by Gasteiger charge is -2.30. The molecule has 0 aliphatic carbocycles. The Morgan fingerprint density at radius 3 is 2.95 bits per heavy atom. The third-order valence-electron chi connectivity index (χ3n) is 4.29. The summed E-state index contributed by atoms with van der Waals surface area (Å²) in [6.07, 6.45) is 1.78. The van der Waals surface area contributed by atoms with Crippen molar-refractivity contribution < 1.29 is 9.90 Å². The average Bonchev–Trinajstić information content (AvgIpc) is 2.76. The van der Waals surface area contributed by atoms with Crippen molar-refractivity contribution in [2.45, 2.75) is 19.4 Å². The van der Waals surface area contributed by atoms with Gasteiger partial charge in [-0.3, -0.25) is 9.69 Å². The maximum atomic E-state index is 11.1. The summed E-state index contributed by atoms with van der Waals surface area (Å²) >= 11 is 0. The summed E-state index contributed by atoms with van der Waals surface area (Å²) in [6.45, 7) is 2.48. The fourth-order valence-electron chi connectivity index (χ4n) is 3.13. The van der Waals surface area contributed by atoms with Crippen LogP contribution in [0.3, 0.4) is 0 Å². The number of carboxylic acid groups (broad SMARTS) is 1. The maximum Gasteiger partial charge on any atom is 0.307 e.